The largest absolute Gasteiger partial charge is 0.479 e. The van der Waals surface area contributed by atoms with Crippen LogP contribution in [-0.4, -0.2) is 67.3 Å². The van der Waals surface area contributed by atoms with E-state index < -0.39 is 34.0 Å². The molecule has 2 N–H and O–H groups in total. The van der Waals surface area contributed by atoms with Gasteiger partial charge in [0.05, 0.1) is 19.2 Å². The van der Waals surface area contributed by atoms with Gasteiger partial charge in [-0.1, -0.05) is 5.16 Å². The summed E-state index contributed by atoms with van der Waals surface area (Å²) in [6.45, 7) is 4.47. The van der Waals surface area contributed by atoms with E-state index in [-0.39, 0.29) is 36.0 Å². The Morgan fingerprint density at radius 3 is 2.62 bits per heavy atom. The topological polar surface area (TPSA) is 139 Å². The fraction of sp³-hybridized carbons (Fsp3) is 0.615. The predicted octanol–water partition coefficient (Wildman–Crippen LogP) is -0.730. The molecule has 1 aliphatic heterocycles. The number of carboxylic acid groups (broad SMARTS) is 1. The molecule has 2 atom stereocenters. The lowest BCUT2D eigenvalue weighted by molar-refractivity contribution is -0.159. The number of nitrogens with zero attached hydrogens (tertiary/aromatic N) is 2. The lowest BCUT2D eigenvalue weighted by atomic mass is 10.2. The van der Waals surface area contributed by atoms with Crippen molar-refractivity contribution in [3.63, 3.8) is 0 Å². The number of aromatic nitrogens is 1. The molecule has 134 valence electrons. The first-order chi connectivity index (χ1) is 11.1. The summed E-state index contributed by atoms with van der Waals surface area (Å²) in [5.41, 5.74) is 0.192. The van der Waals surface area contributed by atoms with Gasteiger partial charge in [0.1, 0.15) is 10.6 Å². The number of carbonyl (C=O) groups is 2. The van der Waals surface area contributed by atoms with E-state index in [0.717, 1.165) is 0 Å². The molecule has 1 amide bonds. The van der Waals surface area contributed by atoms with Crippen molar-refractivity contribution in [1.29, 1.82) is 0 Å². The van der Waals surface area contributed by atoms with Crippen molar-refractivity contribution < 1.29 is 32.4 Å². The van der Waals surface area contributed by atoms with Crippen LogP contribution in [0, 0.1) is 13.8 Å². The number of sulfonamides is 1. The molecule has 1 saturated heterocycles. The Balaban J connectivity index is 2.10. The van der Waals surface area contributed by atoms with Crippen molar-refractivity contribution in [2.75, 3.05) is 19.7 Å². The molecular weight excluding hydrogens is 342 g/mol. The van der Waals surface area contributed by atoms with Gasteiger partial charge in [0.2, 0.25) is 15.9 Å². The number of aliphatic carboxylic acids is 1. The van der Waals surface area contributed by atoms with Gasteiger partial charge < -0.3 is 19.3 Å². The number of carbonyl (C=O) groups excluding carboxylic acids is 1. The molecule has 0 aromatic carbocycles. The lowest BCUT2D eigenvalue weighted by Crippen LogP contribution is -2.54. The average molecular weight is 361 g/mol. The van der Waals surface area contributed by atoms with Gasteiger partial charge in [-0.25, -0.2) is 13.2 Å². The summed E-state index contributed by atoms with van der Waals surface area (Å²) in [5.74, 6) is -1.58. The molecule has 11 heteroatoms. The molecule has 24 heavy (non-hydrogen) atoms. The zero-order valence-electron chi connectivity index (χ0n) is 13.5. The first-order valence-electron chi connectivity index (χ1n) is 7.22. The van der Waals surface area contributed by atoms with Gasteiger partial charge in [0.15, 0.2) is 11.9 Å². The summed E-state index contributed by atoms with van der Waals surface area (Å²) in [7, 11) is -3.99. The molecule has 2 unspecified atom stereocenters. The van der Waals surface area contributed by atoms with E-state index in [0.29, 0.717) is 0 Å². The Kier molecular flexibility index (Phi) is 5.26. The number of hydrogen-bond donors (Lipinski definition) is 2. The Morgan fingerprint density at radius 1 is 1.42 bits per heavy atom. The predicted molar refractivity (Wildman–Crippen MR) is 79.7 cm³/mol. The number of amides is 1. The summed E-state index contributed by atoms with van der Waals surface area (Å²) in [6.07, 6.45) is -1.12. The molecule has 10 nitrogen and oxygen atoms in total. The van der Waals surface area contributed by atoms with Crippen molar-refractivity contribution in [3.8, 4) is 0 Å². The standard InChI is InChI=1S/C13H19N3O7S/c1-7-11(9(3)23-14-7)24(20,21)15-8(2)12(17)16-4-5-22-10(6-16)13(18)19/h8,10,15H,4-6H2,1-3H3,(H,18,19). The second-order valence-corrected chi connectivity index (χ2v) is 7.13. The van der Waals surface area contributed by atoms with Crippen LogP contribution >= 0.6 is 0 Å². The Hall–Kier alpha value is -1.98. The Labute approximate surface area is 138 Å². The second kappa shape index (κ2) is 6.87. The number of hydrogen-bond acceptors (Lipinski definition) is 7. The monoisotopic (exact) mass is 361 g/mol. The SMILES string of the molecule is Cc1noc(C)c1S(=O)(=O)NC(C)C(=O)N1CCOC(C(=O)O)C1. The van der Waals surface area contributed by atoms with Crippen LogP contribution in [0.3, 0.4) is 0 Å². The maximum Gasteiger partial charge on any atom is 0.334 e. The fourth-order valence-electron chi connectivity index (χ4n) is 2.47. The van der Waals surface area contributed by atoms with E-state index in [1.807, 2.05) is 0 Å². The summed E-state index contributed by atoms with van der Waals surface area (Å²) in [6, 6.07) is -1.07. The van der Waals surface area contributed by atoms with Crippen LogP contribution in [0.25, 0.3) is 0 Å². The first kappa shape index (κ1) is 18.4. The van der Waals surface area contributed by atoms with Crippen molar-refractivity contribution in [2.24, 2.45) is 0 Å². The molecule has 1 aromatic heterocycles. The van der Waals surface area contributed by atoms with E-state index in [4.69, 9.17) is 14.4 Å². The van der Waals surface area contributed by atoms with Crippen LogP contribution in [-0.2, 0) is 24.3 Å². The molecular formula is C13H19N3O7S. The van der Waals surface area contributed by atoms with Gasteiger partial charge in [0, 0.05) is 6.54 Å². The quantitative estimate of drug-likeness (QED) is 0.700. The normalized spacial score (nSPS) is 20.0. The Bertz CT molecular complexity index is 723. The van der Waals surface area contributed by atoms with E-state index >= 15 is 0 Å². The zero-order valence-corrected chi connectivity index (χ0v) is 14.3. The molecule has 1 aromatic rings. The van der Waals surface area contributed by atoms with Crippen LogP contribution in [0.1, 0.15) is 18.4 Å². The van der Waals surface area contributed by atoms with Crippen molar-refractivity contribution in [2.45, 2.75) is 37.8 Å². The van der Waals surface area contributed by atoms with Gasteiger partial charge in [-0.15, -0.1) is 0 Å². The molecule has 1 fully saturated rings. The van der Waals surface area contributed by atoms with Crippen LogP contribution in [0.5, 0.6) is 0 Å². The lowest BCUT2D eigenvalue weighted by Gasteiger charge is -2.32. The number of morpholine rings is 1. The second-order valence-electron chi connectivity index (χ2n) is 5.48. The zero-order chi connectivity index (χ0) is 18.1. The van der Waals surface area contributed by atoms with Crippen LogP contribution < -0.4 is 4.72 Å². The van der Waals surface area contributed by atoms with E-state index in [2.05, 4.69) is 9.88 Å². The van der Waals surface area contributed by atoms with Gasteiger partial charge in [-0.2, -0.15) is 4.72 Å². The summed E-state index contributed by atoms with van der Waals surface area (Å²) < 4.78 is 37.0. The Morgan fingerprint density at radius 2 is 2.08 bits per heavy atom. The number of nitrogens with one attached hydrogen (secondary N) is 1. The van der Waals surface area contributed by atoms with Crippen molar-refractivity contribution in [3.05, 3.63) is 11.5 Å². The summed E-state index contributed by atoms with van der Waals surface area (Å²) in [4.78, 5) is 24.5. The fourth-order valence-corrected chi connectivity index (χ4v) is 4.00. The highest BCUT2D eigenvalue weighted by Gasteiger charge is 2.34. The van der Waals surface area contributed by atoms with E-state index in [9.17, 15) is 18.0 Å². The average Bonchev–Trinajstić information content (AvgIpc) is 2.85. The van der Waals surface area contributed by atoms with Crippen LogP contribution in [0.2, 0.25) is 0 Å². The van der Waals surface area contributed by atoms with Crippen molar-refractivity contribution in [1.82, 2.24) is 14.8 Å². The molecule has 0 spiro atoms. The van der Waals surface area contributed by atoms with Gasteiger partial charge in [-0.05, 0) is 20.8 Å². The maximum absolute atomic E-state index is 12.4. The molecule has 0 bridgehead atoms. The minimum absolute atomic E-state index is 0.0754. The number of rotatable bonds is 5. The highest BCUT2D eigenvalue weighted by molar-refractivity contribution is 7.89. The molecule has 1 aliphatic rings. The third-order valence-electron chi connectivity index (χ3n) is 3.59. The van der Waals surface area contributed by atoms with Gasteiger partial charge >= 0.3 is 5.97 Å². The molecule has 2 rings (SSSR count). The highest BCUT2D eigenvalue weighted by atomic mass is 32.2. The van der Waals surface area contributed by atoms with E-state index in [1.54, 1.807) is 0 Å². The smallest absolute Gasteiger partial charge is 0.334 e. The number of aryl methyl sites for hydroxylation is 2. The molecule has 2 heterocycles. The minimum atomic E-state index is -3.99. The maximum atomic E-state index is 12.4. The minimum Gasteiger partial charge on any atom is -0.479 e. The molecule has 0 saturated carbocycles. The van der Waals surface area contributed by atoms with Crippen LogP contribution in [0.4, 0.5) is 0 Å². The van der Waals surface area contributed by atoms with Gasteiger partial charge in [-0.3, -0.25) is 4.79 Å². The summed E-state index contributed by atoms with van der Waals surface area (Å²) in [5, 5.41) is 12.5. The molecule has 0 aliphatic carbocycles. The third kappa shape index (κ3) is 3.74. The molecule has 0 radical (unpaired) electrons. The highest BCUT2D eigenvalue weighted by Crippen LogP contribution is 2.19. The first-order valence-corrected chi connectivity index (χ1v) is 8.70. The third-order valence-corrected chi connectivity index (χ3v) is 5.38. The number of carboxylic acids is 1. The van der Waals surface area contributed by atoms with E-state index in [1.165, 1.54) is 25.7 Å². The van der Waals surface area contributed by atoms with Crippen LogP contribution in [0.15, 0.2) is 9.42 Å². The number of ether oxygens (including phenoxy) is 1. The van der Waals surface area contributed by atoms with Crippen molar-refractivity contribution >= 4 is 21.9 Å². The summed E-state index contributed by atoms with van der Waals surface area (Å²) >= 11 is 0. The van der Waals surface area contributed by atoms with Gasteiger partial charge in [0.25, 0.3) is 0 Å².